The number of hydrogen-bond acceptors (Lipinski definition) is 5. The number of hydrogen-bond donors (Lipinski definition) is 0. The predicted octanol–water partition coefficient (Wildman–Crippen LogP) is 7.04. The monoisotopic (exact) mass is 589 g/mol. The van der Waals surface area contributed by atoms with Gasteiger partial charge in [-0.3, -0.25) is 4.79 Å². The van der Waals surface area contributed by atoms with Gasteiger partial charge in [-0.2, -0.15) is 9.78 Å². The summed E-state index contributed by atoms with van der Waals surface area (Å²) in [4.78, 5) is 18.4. The second-order valence-electron chi connectivity index (χ2n) is 8.69. The number of rotatable bonds is 7. The SMILES string of the molecule is CC[C@H](C)Oc1cc(Br)c(C=Nn2c(C3CCCCC3)nc3ccc(Br)cc3c2=O)cc1OC. The number of nitrogens with zero attached hydrogens (tertiary/aromatic N) is 3. The van der Waals surface area contributed by atoms with Crippen molar-refractivity contribution in [2.24, 2.45) is 5.10 Å². The second-order valence-corrected chi connectivity index (χ2v) is 10.5. The van der Waals surface area contributed by atoms with E-state index in [1.54, 1.807) is 19.4 Å². The van der Waals surface area contributed by atoms with Gasteiger partial charge in [0, 0.05) is 20.4 Å². The second kappa shape index (κ2) is 11.0. The number of ether oxygens (including phenoxy) is 2. The van der Waals surface area contributed by atoms with Gasteiger partial charge >= 0.3 is 0 Å². The Kier molecular flexibility index (Phi) is 8.09. The average Bonchev–Trinajstić information content (AvgIpc) is 2.85. The number of aromatic nitrogens is 2. The van der Waals surface area contributed by atoms with Crippen LogP contribution in [0.3, 0.4) is 0 Å². The van der Waals surface area contributed by atoms with Crippen LogP contribution >= 0.6 is 31.9 Å². The van der Waals surface area contributed by atoms with Gasteiger partial charge in [0.05, 0.1) is 30.3 Å². The normalized spacial score (nSPS) is 15.7. The first-order valence-electron chi connectivity index (χ1n) is 11.7. The predicted molar refractivity (Wildman–Crippen MR) is 144 cm³/mol. The highest BCUT2D eigenvalue weighted by Crippen LogP contribution is 2.35. The Morgan fingerprint density at radius 3 is 2.65 bits per heavy atom. The van der Waals surface area contributed by atoms with E-state index in [1.807, 2.05) is 31.2 Å². The van der Waals surface area contributed by atoms with Crippen molar-refractivity contribution in [1.29, 1.82) is 0 Å². The largest absolute Gasteiger partial charge is 0.493 e. The molecule has 1 atom stereocenters. The first-order valence-corrected chi connectivity index (χ1v) is 13.3. The van der Waals surface area contributed by atoms with E-state index in [0.29, 0.717) is 22.4 Å². The number of methoxy groups -OCH3 is 1. The fourth-order valence-corrected chi connectivity index (χ4v) is 5.01. The highest BCUT2D eigenvalue weighted by Gasteiger charge is 2.22. The molecule has 0 saturated heterocycles. The van der Waals surface area contributed by atoms with Crippen LogP contribution in [0.4, 0.5) is 0 Å². The van der Waals surface area contributed by atoms with Crippen molar-refractivity contribution in [2.45, 2.75) is 64.4 Å². The van der Waals surface area contributed by atoms with E-state index in [-0.39, 0.29) is 17.6 Å². The van der Waals surface area contributed by atoms with Crippen LogP contribution in [-0.2, 0) is 0 Å². The zero-order valence-corrected chi connectivity index (χ0v) is 22.9. The standard InChI is InChI=1S/C26H29Br2N3O3/c1-4-16(2)34-24-14-21(28)18(12-23(24)33-3)15-29-31-25(17-8-6-5-7-9-17)30-22-11-10-19(27)13-20(22)26(31)32/h10-17H,4-9H2,1-3H3/t16-/m0/s1. The lowest BCUT2D eigenvalue weighted by Crippen LogP contribution is -2.25. The maximum absolute atomic E-state index is 13.5. The van der Waals surface area contributed by atoms with Gasteiger partial charge < -0.3 is 9.47 Å². The van der Waals surface area contributed by atoms with Gasteiger partial charge in [0.15, 0.2) is 11.5 Å². The summed E-state index contributed by atoms with van der Waals surface area (Å²) in [7, 11) is 1.62. The molecule has 3 aromatic rings. The van der Waals surface area contributed by atoms with E-state index in [4.69, 9.17) is 14.5 Å². The van der Waals surface area contributed by atoms with Crippen LogP contribution in [0, 0.1) is 0 Å². The number of fused-ring (bicyclic) bond motifs is 1. The minimum Gasteiger partial charge on any atom is -0.493 e. The van der Waals surface area contributed by atoms with Crippen molar-refractivity contribution in [3.05, 3.63) is 61.0 Å². The molecule has 4 rings (SSSR count). The van der Waals surface area contributed by atoms with Crippen LogP contribution in [0.25, 0.3) is 10.9 Å². The lowest BCUT2D eigenvalue weighted by Gasteiger charge is -2.22. The van der Waals surface area contributed by atoms with Crippen molar-refractivity contribution in [3.63, 3.8) is 0 Å². The minimum absolute atomic E-state index is 0.0694. The van der Waals surface area contributed by atoms with Crippen LogP contribution < -0.4 is 15.0 Å². The molecule has 6 nitrogen and oxygen atoms in total. The lowest BCUT2D eigenvalue weighted by molar-refractivity contribution is 0.207. The van der Waals surface area contributed by atoms with Crippen LogP contribution in [0.2, 0.25) is 0 Å². The Bertz CT molecular complexity index is 1270. The van der Waals surface area contributed by atoms with Crippen molar-refractivity contribution in [3.8, 4) is 11.5 Å². The van der Waals surface area contributed by atoms with Gasteiger partial charge in [-0.25, -0.2) is 4.98 Å². The van der Waals surface area contributed by atoms with Crippen molar-refractivity contribution in [1.82, 2.24) is 9.66 Å². The third kappa shape index (κ3) is 5.38. The Labute approximate surface area is 216 Å². The fraction of sp³-hybridized carbons (Fsp3) is 0.423. The molecule has 1 fully saturated rings. The zero-order valence-electron chi connectivity index (χ0n) is 19.7. The van der Waals surface area contributed by atoms with Gasteiger partial charge in [-0.1, -0.05) is 42.1 Å². The van der Waals surface area contributed by atoms with E-state index in [9.17, 15) is 4.79 Å². The molecule has 8 heteroatoms. The van der Waals surface area contributed by atoms with Gasteiger partial charge in [-0.15, -0.1) is 0 Å². The van der Waals surface area contributed by atoms with Gasteiger partial charge in [0.1, 0.15) is 5.82 Å². The smallest absolute Gasteiger partial charge is 0.282 e. The van der Waals surface area contributed by atoms with Crippen molar-refractivity contribution >= 4 is 49.0 Å². The van der Waals surface area contributed by atoms with Crippen molar-refractivity contribution in [2.75, 3.05) is 7.11 Å². The summed E-state index contributed by atoms with van der Waals surface area (Å²) >= 11 is 7.09. The molecule has 1 heterocycles. The van der Waals surface area contributed by atoms with Gasteiger partial charge in [0.2, 0.25) is 0 Å². The quantitative estimate of drug-likeness (QED) is 0.277. The molecule has 0 unspecified atom stereocenters. The highest BCUT2D eigenvalue weighted by molar-refractivity contribution is 9.10. The molecule has 0 radical (unpaired) electrons. The number of halogens is 2. The summed E-state index contributed by atoms with van der Waals surface area (Å²) in [5.41, 5.74) is 1.32. The summed E-state index contributed by atoms with van der Waals surface area (Å²) in [5, 5.41) is 5.19. The fourth-order valence-electron chi connectivity index (χ4n) is 4.22. The average molecular weight is 591 g/mol. The van der Waals surface area contributed by atoms with Crippen molar-refractivity contribution < 1.29 is 9.47 Å². The van der Waals surface area contributed by atoms with Crippen LogP contribution in [0.15, 0.2) is 49.2 Å². The first kappa shape index (κ1) is 24.9. The molecular weight excluding hydrogens is 562 g/mol. The molecule has 0 aliphatic heterocycles. The van der Waals surface area contributed by atoms with Gasteiger partial charge in [-0.05, 0) is 72.4 Å². The molecule has 1 aliphatic rings. The molecule has 2 aromatic carbocycles. The number of benzene rings is 2. The molecule has 1 saturated carbocycles. The van der Waals surface area contributed by atoms with Crippen LogP contribution in [0.5, 0.6) is 11.5 Å². The maximum Gasteiger partial charge on any atom is 0.282 e. The molecular formula is C26H29Br2N3O3. The summed E-state index contributed by atoms with van der Waals surface area (Å²) < 4.78 is 14.7. The molecule has 0 spiro atoms. The van der Waals surface area contributed by atoms with Crippen LogP contribution in [-0.4, -0.2) is 29.1 Å². The lowest BCUT2D eigenvalue weighted by atomic mass is 9.88. The third-order valence-corrected chi connectivity index (χ3v) is 7.48. The Hall–Kier alpha value is -2.19. The van der Waals surface area contributed by atoms with E-state index in [1.165, 1.54) is 11.1 Å². The van der Waals surface area contributed by atoms with E-state index >= 15 is 0 Å². The molecule has 0 amide bonds. The highest BCUT2D eigenvalue weighted by atomic mass is 79.9. The Balaban J connectivity index is 1.79. The Morgan fingerprint density at radius 2 is 1.94 bits per heavy atom. The molecule has 1 aliphatic carbocycles. The molecule has 180 valence electrons. The molecule has 34 heavy (non-hydrogen) atoms. The summed E-state index contributed by atoms with van der Waals surface area (Å²) in [6, 6.07) is 9.36. The zero-order chi connectivity index (χ0) is 24.2. The van der Waals surface area contributed by atoms with E-state index in [0.717, 1.165) is 52.4 Å². The summed E-state index contributed by atoms with van der Waals surface area (Å²) in [6.07, 6.45) is 8.18. The summed E-state index contributed by atoms with van der Waals surface area (Å²) in [5.74, 6) is 2.23. The van der Waals surface area contributed by atoms with E-state index in [2.05, 4.69) is 43.9 Å². The van der Waals surface area contributed by atoms with E-state index < -0.39 is 0 Å². The maximum atomic E-state index is 13.5. The molecule has 1 aromatic heterocycles. The first-order chi connectivity index (χ1) is 16.4. The van der Waals surface area contributed by atoms with Gasteiger partial charge in [0.25, 0.3) is 5.56 Å². The Morgan fingerprint density at radius 1 is 1.18 bits per heavy atom. The minimum atomic E-state index is -0.164. The third-order valence-electron chi connectivity index (χ3n) is 6.30. The summed E-state index contributed by atoms with van der Waals surface area (Å²) in [6.45, 7) is 4.10. The molecule has 0 N–H and O–H groups in total. The van der Waals surface area contributed by atoms with Crippen LogP contribution in [0.1, 0.15) is 69.7 Å². The molecule has 0 bridgehead atoms. The topological polar surface area (TPSA) is 65.7 Å².